The first-order valence-electron chi connectivity index (χ1n) is 6.11. The summed E-state index contributed by atoms with van der Waals surface area (Å²) in [7, 11) is 0. The lowest BCUT2D eigenvalue weighted by Crippen LogP contribution is -2.14. The molecule has 2 aromatic rings. The zero-order valence-corrected chi connectivity index (χ0v) is 11.5. The SMILES string of the molecule is CCC(Nc1cc(C(N)=O)ccc1N)c1cccs1. The van der Waals surface area contributed by atoms with Crippen molar-refractivity contribution >= 4 is 28.6 Å². The van der Waals surface area contributed by atoms with E-state index in [2.05, 4.69) is 18.3 Å². The summed E-state index contributed by atoms with van der Waals surface area (Å²) >= 11 is 1.70. The van der Waals surface area contributed by atoms with E-state index >= 15 is 0 Å². The third-order valence-corrected chi connectivity index (χ3v) is 3.95. The average molecular weight is 275 g/mol. The van der Waals surface area contributed by atoms with Crippen LogP contribution in [0.4, 0.5) is 11.4 Å². The van der Waals surface area contributed by atoms with Crippen molar-refractivity contribution in [2.75, 3.05) is 11.1 Å². The third kappa shape index (κ3) is 3.06. The summed E-state index contributed by atoms with van der Waals surface area (Å²) in [5, 5.41) is 5.42. The molecule has 1 heterocycles. The van der Waals surface area contributed by atoms with Crippen LogP contribution in [0.1, 0.15) is 34.6 Å². The number of nitrogens with two attached hydrogens (primary N) is 2. The number of rotatable bonds is 5. The molecule has 0 aliphatic carbocycles. The van der Waals surface area contributed by atoms with Crippen molar-refractivity contribution in [3.8, 4) is 0 Å². The minimum absolute atomic E-state index is 0.186. The van der Waals surface area contributed by atoms with Gasteiger partial charge in [-0.3, -0.25) is 4.79 Å². The number of carbonyl (C=O) groups is 1. The molecule has 1 unspecified atom stereocenters. The third-order valence-electron chi connectivity index (χ3n) is 2.96. The van der Waals surface area contributed by atoms with E-state index in [1.807, 2.05) is 11.4 Å². The van der Waals surface area contributed by atoms with Crippen molar-refractivity contribution < 1.29 is 4.79 Å². The van der Waals surface area contributed by atoms with Crippen LogP contribution in [0.15, 0.2) is 35.7 Å². The Bertz CT molecular complexity index is 566. The van der Waals surface area contributed by atoms with Crippen molar-refractivity contribution in [1.82, 2.24) is 0 Å². The van der Waals surface area contributed by atoms with Crippen LogP contribution in [0.5, 0.6) is 0 Å². The Morgan fingerprint density at radius 2 is 2.21 bits per heavy atom. The number of thiophene rings is 1. The highest BCUT2D eigenvalue weighted by atomic mass is 32.1. The molecule has 0 aliphatic heterocycles. The molecule has 0 radical (unpaired) electrons. The Kier molecular flexibility index (Phi) is 4.06. The van der Waals surface area contributed by atoms with Gasteiger partial charge in [0.15, 0.2) is 0 Å². The molecule has 1 aromatic heterocycles. The second kappa shape index (κ2) is 5.75. The van der Waals surface area contributed by atoms with Crippen molar-refractivity contribution in [1.29, 1.82) is 0 Å². The number of amides is 1. The second-order valence-electron chi connectivity index (χ2n) is 4.29. The van der Waals surface area contributed by atoms with Crippen LogP contribution in [0.3, 0.4) is 0 Å². The Hall–Kier alpha value is -2.01. The number of benzene rings is 1. The van der Waals surface area contributed by atoms with Gasteiger partial charge in [-0.15, -0.1) is 11.3 Å². The summed E-state index contributed by atoms with van der Waals surface area (Å²) in [4.78, 5) is 12.4. The van der Waals surface area contributed by atoms with Crippen LogP contribution in [0.2, 0.25) is 0 Å². The van der Waals surface area contributed by atoms with Crippen molar-refractivity contribution in [3.05, 3.63) is 46.2 Å². The Balaban J connectivity index is 2.26. The van der Waals surface area contributed by atoms with Gasteiger partial charge in [0.25, 0.3) is 0 Å². The normalized spacial score (nSPS) is 12.1. The van der Waals surface area contributed by atoms with Crippen LogP contribution in [0, 0.1) is 0 Å². The minimum atomic E-state index is -0.452. The number of carbonyl (C=O) groups excluding carboxylic acids is 1. The molecule has 0 spiro atoms. The lowest BCUT2D eigenvalue weighted by Gasteiger charge is -2.18. The Morgan fingerprint density at radius 1 is 1.42 bits per heavy atom. The summed E-state index contributed by atoms with van der Waals surface area (Å²) in [6, 6.07) is 9.32. The highest BCUT2D eigenvalue weighted by Gasteiger charge is 2.12. The Labute approximate surface area is 116 Å². The van der Waals surface area contributed by atoms with Gasteiger partial charge in [0, 0.05) is 10.4 Å². The largest absolute Gasteiger partial charge is 0.397 e. The smallest absolute Gasteiger partial charge is 0.248 e. The fourth-order valence-corrected chi connectivity index (χ4v) is 2.75. The molecule has 0 saturated heterocycles. The van der Waals surface area contributed by atoms with Gasteiger partial charge in [0.2, 0.25) is 5.91 Å². The van der Waals surface area contributed by atoms with E-state index < -0.39 is 5.91 Å². The molecule has 100 valence electrons. The lowest BCUT2D eigenvalue weighted by atomic mass is 10.1. The summed E-state index contributed by atoms with van der Waals surface area (Å²) in [5.41, 5.74) is 13.0. The molecule has 5 N–H and O–H groups in total. The maximum Gasteiger partial charge on any atom is 0.248 e. The molecule has 4 nitrogen and oxygen atoms in total. The number of anilines is 2. The fourth-order valence-electron chi connectivity index (χ4n) is 1.89. The maximum absolute atomic E-state index is 11.2. The van der Waals surface area contributed by atoms with Gasteiger partial charge < -0.3 is 16.8 Å². The quantitative estimate of drug-likeness (QED) is 0.734. The standard InChI is InChI=1S/C14H17N3OS/c1-2-11(13-4-3-7-19-13)17-12-8-9(14(16)18)5-6-10(12)15/h3-8,11,17H,2,15H2,1H3,(H2,16,18). The van der Waals surface area contributed by atoms with Crippen LogP contribution in [-0.4, -0.2) is 5.91 Å². The van der Waals surface area contributed by atoms with Gasteiger partial charge >= 0.3 is 0 Å². The molecular formula is C14H17N3OS. The first-order valence-corrected chi connectivity index (χ1v) is 6.99. The molecule has 1 atom stereocenters. The molecule has 0 bridgehead atoms. The fraction of sp³-hybridized carbons (Fsp3) is 0.214. The number of nitrogen functional groups attached to an aromatic ring is 1. The number of nitrogens with one attached hydrogen (secondary N) is 1. The summed E-state index contributed by atoms with van der Waals surface area (Å²) in [6.07, 6.45) is 0.931. The predicted octanol–water partition coefficient (Wildman–Crippen LogP) is 2.99. The number of hydrogen-bond acceptors (Lipinski definition) is 4. The van der Waals surface area contributed by atoms with Crippen molar-refractivity contribution in [2.45, 2.75) is 19.4 Å². The predicted molar refractivity (Wildman–Crippen MR) is 80.3 cm³/mol. The topological polar surface area (TPSA) is 81.1 Å². The van der Waals surface area contributed by atoms with Crippen molar-refractivity contribution in [3.63, 3.8) is 0 Å². The zero-order valence-electron chi connectivity index (χ0n) is 10.7. The second-order valence-corrected chi connectivity index (χ2v) is 5.27. The van der Waals surface area contributed by atoms with Gasteiger partial charge in [-0.05, 0) is 36.1 Å². The van der Waals surface area contributed by atoms with Crippen LogP contribution < -0.4 is 16.8 Å². The molecule has 19 heavy (non-hydrogen) atoms. The summed E-state index contributed by atoms with van der Waals surface area (Å²) in [5.74, 6) is -0.452. The maximum atomic E-state index is 11.2. The van der Waals surface area contributed by atoms with Crippen LogP contribution in [-0.2, 0) is 0 Å². The minimum Gasteiger partial charge on any atom is -0.397 e. The molecule has 0 aliphatic rings. The summed E-state index contributed by atoms with van der Waals surface area (Å²) in [6.45, 7) is 2.10. The first kappa shape index (κ1) is 13.4. The van der Waals surface area contributed by atoms with E-state index in [1.54, 1.807) is 29.5 Å². The molecule has 1 amide bonds. The average Bonchev–Trinajstić information content (AvgIpc) is 2.91. The lowest BCUT2D eigenvalue weighted by molar-refractivity contribution is 0.100. The molecule has 1 aromatic carbocycles. The molecular weight excluding hydrogens is 258 g/mol. The highest BCUT2D eigenvalue weighted by Crippen LogP contribution is 2.29. The van der Waals surface area contributed by atoms with E-state index in [9.17, 15) is 4.79 Å². The first-order chi connectivity index (χ1) is 9.11. The van der Waals surface area contributed by atoms with E-state index in [-0.39, 0.29) is 6.04 Å². The monoisotopic (exact) mass is 275 g/mol. The van der Waals surface area contributed by atoms with E-state index in [1.165, 1.54) is 4.88 Å². The van der Waals surface area contributed by atoms with E-state index in [0.29, 0.717) is 11.3 Å². The van der Waals surface area contributed by atoms with Gasteiger partial charge in [-0.2, -0.15) is 0 Å². The highest BCUT2D eigenvalue weighted by molar-refractivity contribution is 7.10. The van der Waals surface area contributed by atoms with Gasteiger partial charge in [0.1, 0.15) is 0 Å². The number of hydrogen-bond donors (Lipinski definition) is 3. The van der Waals surface area contributed by atoms with E-state index in [0.717, 1.165) is 12.1 Å². The number of primary amides is 1. The Morgan fingerprint density at radius 3 is 2.79 bits per heavy atom. The molecule has 2 rings (SSSR count). The molecule has 0 saturated carbocycles. The van der Waals surface area contributed by atoms with Gasteiger partial charge in [0.05, 0.1) is 17.4 Å². The zero-order chi connectivity index (χ0) is 13.8. The molecule has 0 fully saturated rings. The van der Waals surface area contributed by atoms with Gasteiger partial charge in [-0.25, -0.2) is 0 Å². The van der Waals surface area contributed by atoms with Crippen molar-refractivity contribution in [2.24, 2.45) is 5.73 Å². The van der Waals surface area contributed by atoms with Crippen LogP contribution >= 0.6 is 11.3 Å². The summed E-state index contributed by atoms with van der Waals surface area (Å²) < 4.78 is 0. The van der Waals surface area contributed by atoms with E-state index in [4.69, 9.17) is 11.5 Å². The molecule has 5 heteroatoms. The van der Waals surface area contributed by atoms with Gasteiger partial charge in [-0.1, -0.05) is 13.0 Å². The van der Waals surface area contributed by atoms with Crippen LogP contribution in [0.25, 0.3) is 0 Å².